The number of hydrogen-bond acceptors (Lipinski definition) is 1. The Labute approximate surface area is 220 Å². The van der Waals surface area contributed by atoms with Gasteiger partial charge in [0.2, 0.25) is 0 Å². The van der Waals surface area contributed by atoms with Gasteiger partial charge < -0.3 is 4.67 Å². The standard InChI is InChI=1S/C33H43N2P/c1-22(2)36(23(3)4)35-30-18-14-12-16-27(30)33(9,10)28-21-24(5)19-20-25(28)31(35)34-29-17-13-11-15-26(29)32(6,7)8/h11-23H,1-10H3. The van der Waals surface area contributed by atoms with E-state index in [1.807, 2.05) is 0 Å². The van der Waals surface area contributed by atoms with Crippen molar-refractivity contribution in [2.75, 3.05) is 4.67 Å². The van der Waals surface area contributed by atoms with Crippen LogP contribution < -0.4 is 4.67 Å². The molecule has 1 aliphatic heterocycles. The van der Waals surface area contributed by atoms with Crippen LogP contribution in [0.4, 0.5) is 11.4 Å². The van der Waals surface area contributed by atoms with E-state index in [1.54, 1.807) is 0 Å². The van der Waals surface area contributed by atoms with Crippen molar-refractivity contribution < 1.29 is 0 Å². The average Bonchev–Trinajstić information content (AvgIpc) is 2.86. The first kappa shape index (κ1) is 26.6. The lowest BCUT2D eigenvalue weighted by Crippen LogP contribution is -2.32. The molecule has 36 heavy (non-hydrogen) atoms. The minimum Gasteiger partial charge on any atom is -0.303 e. The topological polar surface area (TPSA) is 15.6 Å². The Balaban J connectivity index is 2.17. The Hall–Kier alpha value is -2.44. The molecule has 0 saturated heterocycles. The van der Waals surface area contributed by atoms with Crippen LogP contribution in [0.2, 0.25) is 0 Å². The largest absolute Gasteiger partial charge is 0.303 e. The number of para-hydroxylation sites is 2. The number of hydrogen-bond donors (Lipinski definition) is 0. The molecule has 0 unspecified atom stereocenters. The molecule has 3 heteroatoms. The number of amidine groups is 1. The number of nitrogens with zero attached hydrogens (tertiary/aromatic N) is 2. The number of fused-ring (bicyclic) bond motifs is 2. The highest BCUT2D eigenvalue weighted by atomic mass is 31.1. The van der Waals surface area contributed by atoms with Gasteiger partial charge in [-0.25, -0.2) is 4.99 Å². The lowest BCUT2D eigenvalue weighted by atomic mass is 9.75. The van der Waals surface area contributed by atoms with E-state index in [4.69, 9.17) is 4.99 Å². The number of anilines is 1. The molecular weight excluding hydrogens is 455 g/mol. The molecule has 0 saturated carbocycles. The summed E-state index contributed by atoms with van der Waals surface area (Å²) in [5.74, 6) is 1.09. The van der Waals surface area contributed by atoms with Gasteiger partial charge in [-0.15, -0.1) is 0 Å². The van der Waals surface area contributed by atoms with Gasteiger partial charge in [-0.05, 0) is 52.5 Å². The molecule has 1 aliphatic rings. The van der Waals surface area contributed by atoms with E-state index in [0.717, 1.165) is 11.5 Å². The number of rotatable bonds is 4. The maximum absolute atomic E-state index is 5.61. The molecule has 190 valence electrons. The maximum atomic E-state index is 5.61. The van der Waals surface area contributed by atoms with Crippen molar-refractivity contribution in [2.45, 2.75) is 91.4 Å². The van der Waals surface area contributed by atoms with E-state index in [9.17, 15) is 0 Å². The fourth-order valence-electron chi connectivity index (χ4n) is 5.65. The second kappa shape index (κ2) is 9.79. The van der Waals surface area contributed by atoms with E-state index < -0.39 is 8.07 Å². The van der Waals surface area contributed by atoms with Crippen molar-refractivity contribution in [1.29, 1.82) is 0 Å². The normalized spacial score (nSPS) is 16.5. The first-order chi connectivity index (χ1) is 16.8. The monoisotopic (exact) mass is 498 g/mol. The zero-order valence-corrected chi connectivity index (χ0v) is 24.7. The summed E-state index contributed by atoms with van der Waals surface area (Å²) in [4.78, 5) is 5.61. The fraction of sp³-hybridized carbons (Fsp3) is 0.424. The van der Waals surface area contributed by atoms with E-state index >= 15 is 0 Å². The van der Waals surface area contributed by atoms with Crippen LogP contribution in [-0.2, 0) is 10.8 Å². The van der Waals surface area contributed by atoms with Gasteiger partial charge >= 0.3 is 0 Å². The molecule has 1 heterocycles. The van der Waals surface area contributed by atoms with Crippen LogP contribution in [0.1, 0.15) is 90.1 Å². The smallest absolute Gasteiger partial charge is 0.144 e. The maximum Gasteiger partial charge on any atom is 0.144 e. The van der Waals surface area contributed by atoms with Crippen molar-refractivity contribution in [2.24, 2.45) is 4.99 Å². The minimum atomic E-state index is -0.545. The molecule has 0 bridgehead atoms. The van der Waals surface area contributed by atoms with E-state index in [-0.39, 0.29) is 10.8 Å². The number of benzene rings is 3. The number of aryl methyl sites for hydroxylation is 1. The van der Waals surface area contributed by atoms with Gasteiger partial charge in [-0.3, -0.25) is 0 Å². The van der Waals surface area contributed by atoms with Crippen molar-refractivity contribution in [1.82, 2.24) is 0 Å². The van der Waals surface area contributed by atoms with Crippen LogP contribution in [0, 0.1) is 6.92 Å². The minimum absolute atomic E-state index is 0.00429. The summed E-state index contributed by atoms with van der Waals surface area (Å²) in [5, 5.41) is 0. The zero-order valence-electron chi connectivity index (χ0n) is 23.8. The highest BCUT2D eigenvalue weighted by Gasteiger charge is 2.40. The third-order valence-corrected chi connectivity index (χ3v) is 10.3. The Kier molecular flexibility index (Phi) is 7.24. The highest BCUT2D eigenvalue weighted by molar-refractivity contribution is 7.61. The predicted molar refractivity (Wildman–Crippen MR) is 161 cm³/mol. The molecule has 0 atom stereocenters. The summed E-state index contributed by atoms with van der Waals surface area (Å²) in [6.45, 7) is 23.3. The summed E-state index contributed by atoms with van der Waals surface area (Å²) >= 11 is 0. The van der Waals surface area contributed by atoms with Gasteiger partial charge in [-0.2, -0.15) is 0 Å². The molecule has 0 N–H and O–H groups in total. The zero-order chi connectivity index (χ0) is 26.4. The van der Waals surface area contributed by atoms with Crippen molar-refractivity contribution in [3.63, 3.8) is 0 Å². The molecular formula is C33H43N2P. The Morgan fingerprint density at radius 2 is 1.42 bits per heavy atom. The van der Waals surface area contributed by atoms with Crippen LogP contribution in [0.3, 0.4) is 0 Å². The van der Waals surface area contributed by atoms with Crippen molar-refractivity contribution in [3.8, 4) is 0 Å². The quantitative estimate of drug-likeness (QED) is 0.327. The third kappa shape index (κ3) is 4.78. The van der Waals surface area contributed by atoms with Crippen LogP contribution in [0.15, 0.2) is 71.7 Å². The Morgan fingerprint density at radius 3 is 2.06 bits per heavy atom. The molecule has 3 aromatic carbocycles. The highest BCUT2D eigenvalue weighted by Crippen LogP contribution is 2.57. The summed E-state index contributed by atoms with van der Waals surface area (Å²) in [7, 11) is -0.545. The molecule has 0 radical (unpaired) electrons. The molecule has 0 fully saturated rings. The predicted octanol–water partition coefficient (Wildman–Crippen LogP) is 9.73. The second-order valence-electron chi connectivity index (χ2n) is 12.3. The van der Waals surface area contributed by atoms with Crippen molar-refractivity contribution >= 4 is 25.3 Å². The number of aliphatic imine (C=N–C) groups is 1. The SMILES string of the molecule is Cc1ccc2c(c1)C(C)(C)c1ccccc1N(P(C(C)C)C(C)C)C2=Nc1ccccc1C(C)(C)C. The first-order valence-corrected chi connectivity index (χ1v) is 14.7. The average molecular weight is 499 g/mol. The van der Waals surface area contributed by atoms with Gasteiger partial charge in [0, 0.05) is 19.1 Å². The van der Waals surface area contributed by atoms with E-state index in [2.05, 4.69) is 141 Å². The molecule has 0 aliphatic carbocycles. The molecule has 0 amide bonds. The molecule has 0 spiro atoms. The fourth-order valence-corrected chi connectivity index (χ4v) is 8.56. The molecule has 0 aromatic heterocycles. The van der Waals surface area contributed by atoms with Crippen LogP contribution in [0.5, 0.6) is 0 Å². The molecule has 3 aromatic rings. The third-order valence-electron chi connectivity index (χ3n) is 7.32. The van der Waals surface area contributed by atoms with Gasteiger partial charge in [0.25, 0.3) is 0 Å². The van der Waals surface area contributed by atoms with E-state index in [1.165, 1.54) is 33.5 Å². The summed E-state index contributed by atoms with van der Waals surface area (Å²) < 4.78 is 2.64. The van der Waals surface area contributed by atoms with E-state index in [0.29, 0.717) is 11.3 Å². The summed E-state index contributed by atoms with van der Waals surface area (Å²) in [6.07, 6.45) is 0. The molecule has 4 rings (SSSR count). The molecule has 2 nitrogen and oxygen atoms in total. The Bertz CT molecular complexity index is 1270. The van der Waals surface area contributed by atoms with Crippen LogP contribution in [0.25, 0.3) is 0 Å². The van der Waals surface area contributed by atoms with Crippen molar-refractivity contribution in [3.05, 3.63) is 94.5 Å². The van der Waals surface area contributed by atoms with Gasteiger partial charge in [-0.1, -0.05) is 122 Å². The van der Waals surface area contributed by atoms with Crippen LogP contribution >= 0.6 is 8.07 Å². The van der Waals surface area contributed by atoms with Gasteiger partial charge in [0.05, 0.1) is 11.4 Å². The van der Waals surface area contributed by atoms with Gasteiger partial charge in [0.15, 0.2) is 0 Å². The Morgan fingerprint density at radius 1 is 0.806 bits per heavy atom. The first-order valence-electron chi connectivity index (χ1n) is 13.3. The summed E-state index contributed by atoms with van der Waals surface area (Å²) in [5.41, 5.74) is 9.81. The lowest BCUT2D eigenvalue weighted by molar-refractivity contribution is 0.591. The summed E-state index contributed by atoms with van der Waals surface area (Å²) in [6, 6.07) is 24.7. The lowest BCUT2D eigenvalue weighted by Gasteiger charge is -2.40. The van der Waals surface area contributed by atoms with Gasteiger partial charge in [0.1, 0.15) is 5.84 Å². The van der Waals surface area contributed by atoms with Crippen LogP contribution in [-0.4, -0.2) is 17.2 Å². The second-order valence-corrected chi connectivity index (χ2v) is 15.5.